The first-order chi connectivity index (χ1) is 12.8. The van der Waals surface area contributed by atoms with Crippen molar-refractivity contribution in [2.24, 2.45) is 0 Å². The van der Waals surface area contributed by atoms with Gasteiger partial charge in [-0.3, -0.25) is 14.2 Å². The third-order valence-corrected chi connectivity index (χ3v) is 4.90. The molecule has 146 valence electrons. The van der Waals surface area contributed by atoms with Crippen LogP contribution in [-0.4, -0.2) is 51.6 Å². The van der Waals surface area contributed by atoms with Crippen LogP contribution in [0.25, 0.3) is 11.0 Å². The highest BCUT2D eigenvalue weighted by Crippen LogP contribution is 2.20. The van der Waals surface area contributed by atoms with Crippen LogP contribution in [0.1, 0.15) is 12.8 Å². The summed E-state index contributed by atoms with van der Waals surface area (Å²) >= 11 is 0.895. The second-order valence-corrected chi connectivity index (χ2v) is 6.94. The number of nitrogens with zero attached hydrogens (tertiary/aromatic N) is 3. The topological polar surface area (TPSA) is 86.1 Å². The molecule has 0 saturated carbocycles. The van der Waals surface area contributed by atoms with Gasteiger partial charge in [0.2, 0.25) is 5.91 Å². The maximum atomic E-state index is 12.8. The van der Waals surface area contributed by atoms with Gasteiger partial charge < -0.3 is 10.1 Å². The standard InChI is InChI=1S/C16H17F3N4O3S/c17-16(18,19)9-21-12(24)8-27-15-22-13-11(4-1-5-20-13)14(25)23(15)7-10-3-2-6-26-10/h1,4-5,10H,2-3,6-9H2,(H,21,24). The molecule has 0 bridgehead atoms. The molecular formula is C16H17F3N4O3S. The Morgan fingerprint density at radius 2 is 2.26 bits per heavy atom. The number of ether oxygens (including phenoxy) is 1. The van der Waals surface area contributed by atoms with Gasteiger partial charge >= 0.3 is 6.18 Å². The molecule has 1 saturated heterocycles. The third kappa shape index (κ3) is 5.19. The van der Waals surface area contributed by atoms with Crippen LogP contribution in [0.3, 0.4) is 0 Å². The monoisotopic (exact) mass is 402 g/mol. The lowest BCUT2D eigenvalue weighted by atomic mass is 10.2. The average molecular weight is 402 g/mol. The van der Waals surface area contributed by atoms with E-state index >= 15 is 0 Å². The molecule has 3 rings (SSSR count). The van der Waals surface area contributed by atoms with E-state index in [0.29, 0.717) is 12.0 Å². The molecule has 0 aromatic carbocycles. The predicted octanol–water partition coefficient (Wildman–Crippen LogP) is 1.74. The van der Waals surface area contributed by atoms with Crippen LogP contribution in [-0.2, 0) is 16.1 Å². The smallest absolute Gasteiger partial charge is 0.376 e. The summed E-state index contributed by atoms with van der Waals surface area (Å²) in [4.78, 5) is 32.9. The third-order valence-electron chi connectivity index (χ3n) is 3.92. The minimum atomic E-state index is -4.48. The zero-order valence-electron chi connectivity index (χ0n) is 14.2. The molecule has 1 aliphatic rings. The van der Waals surface area contributed by atoms with Crippen molar-refractivity contribution >= 4 is 28.7 Å². The lowest BCUT2D eigenvalue weighted by molar-refractivity contribution is -0.136. The summed E-state index contributed by atoms with van der Waals surface area (Å²) in [5.74, 6) is -1.09. The van der Waals surface area contributed by atoms with Crippen LogP contribution in [0.5, 0.6) is 0 Å². The van der Waals surface area contributed by atoms with Crippen molar-refractivity contribution in [3.63, 3.8) is 0 Å². The summed E-state index contributed by atoms with van der Waals surface area (Å²) in [6, 6.07) is 3.23. The van der Waals surface area contributed by atoms with Gasteiger partial charge in [0.1, 0.15) is 6.54 Å². The minimum Gasteiger partial charge on any atom is -0.376 e. The molecule has 1 amide bonds. The molecule has 11 heteroatoms. The Hall–Kier alpha value is -2.14. The van der Waals surface area contributed by atoms with Gasteiger partial charge in [-0.05, 0) is 25.0 Å². The zero-order chi connectivity index (χ0) is 19.4. The quantitative estimate of drug-likeness (QED) is 0.585. The number of fused-ring (bicyclic) bond motifs is 1. The summed E-state index contributed by atoms with van der Waals surface area (Å²) in [6.07, 6.45) is -1.44. The number of pyridine rings is 1. The molecule has 7 nitrogen and oxygen atoms in total. The highest BCUT2D eigenvalue weighted by atomic mass is 32.2. The van der Waals surface area contributed by atoms with Crippen LogP contribution in [0.15, 0.2) is 28.3 Å². The number of aromatic nitrogens is 3. The lowest BCUT2D eigenvalue weighted by Gasteiger charge is -2.16. The number of amides is 1. The van der Waals surface area contributed by atoms with Gasteiger partial charge in [-0.2, -0.15) is 13.2 Å². The highest BCUT2D eigenvalue weighted by molar-refractivity contribution is 7.99. The molecule has 1 aliphatic heterocycles. The first-order valence-electron chi connectivity index (χ1n) is 8.27. The summed E-state index contributed by atoms with van der Waals surface area (Å²) in [5, 5.41) is 2.36. The number of rotatable bonds is 6. The number of thioether (sulfide) groups is 1. The number of hydrogen-bond donors (Lipinski definition) is 1. The maximum Gasteiger partial charge on any atom is 0.405 e. The molecule has 2 aromatic rings. The van der Waals surface area contributed by atoms with Gasteiger partial charge in [0, 0.05) is 12.8 Å². The molecule has 1 fully saturated rings. The van der Waals surface area contributed by atoms with Crippen LogP contribution in [0.2, 0.25) is 0 Å². The summed E-state index contributed by atoms with van der Waals surface area (Å²) in [5.41, 5.74) is -0.0916. The number of halogens is 3. The van der Waals surface area contributed by atoms with E-state index in [2.05, 4.69) is 9.97 Å². The second-order valence-electron chi connectivity index (χ2n) is 6.00. The summed E-state index contributed by atoms with van der Waals surface area (Å²) in [7, 11) is 0. The van der Waals surface area contributed by atoms with Crippen LogP contribution < -0.4 is 10.9 Å². The van der Waals surface area contributed by atoms with Gasteiger partial charge in [-0.15, -0.1) is 0 Å². The molecule has 1 N–H and O–H groups in total. The first kappa shape index (κ1) is 19.6. The Labute approximate surface area is 156 Å². The molecule has 0 radical (unpaired) electrons. The molecule has 2 aromatic heterocycles. The van der Waals surface area contributed by atoms with Gasteiger partial charge in [0.15, 0.2) is 10.8 Å². The largest absolute Gasteiger partial charge is 0.405 e. The number of hydrogen-bond acceptors (Lipinski definition) is 6. The Morgan fingerprint density at radius 1 is 1.44 bits per heavy atom. The van der Waals surface area contributed by atoms with Crippen molar-refractivity contribution in [3.05, 3.63) is 28.7 Å². The number of nitrogens with one attached hydrogen (secondary N) is 1. The van der Waals surface area contributed by atoms with E-state index in [9.17, 15) is 22.8 Å². The summed E-state index contributed by atoms with van der Waals surface area (Å²) < 4.78 is 43.6. The fourth-order valence-corrected chi connectivity index (χ4v) is 3.51. The van der Waals surface area contributed by atoms with Gasteiger partial charge in [-0.25, -0.2) is 9.97 Å². The average Bonchev–Trinajstić information content (AvgIpc) is 3.13. The van der Waals surface area contributed by atoms with E-state index in [0.717, 1.165) is 24.6 Å². The minimum absolute atomic E-state index is 0.142. The van der Waals surface area contributed by atoms with Crippen molar-refractivity contribution in [3.8, 4) is 0 Å². The molecule has 1 atom stereocenters. The molecule has 3 heterocycles. The molecular weight excluding hydrogens is 385 g/mol. The molecule has 0 aliphatic carbocycles. The highest BCUT2D eigenvalue weighted by Gasteiger charge is 2.28. The van der Waals surface area contributed by atoms with Gasteiger partial charge in [0.25, 0.3) is 5.56 Å². The molecule has 27 heavy (non-hydrogen) atoms. The van der Waals surface area contributed by atoms with E-state index in [1.807, 2.05) is 0 Å². The Morgan fingerprint density at radius 3 is 2.96 bits per heavy atom. The molecule has 1 unspecified atom stereocenters. The Balaban J connectivity index is 1.81. The number of carbonyl (C=O) groups is 1. The van der Waals surface area contributed by atoms with Gasteiger partial charge in [-0.1, -0.05) is 11.8 Å². The van der Waals surface area contributed by atoms with Crippen LogP contribution in [0, 0.1) is 0 Å². The maximum absolute atomic E-state index is 12.8. The van der Waals surface area contributed by atoms with Crippen molar-refractivity contribution in [1.82, 2.24) is 19.9 Å². The Bertz CT molecular complexity index is 881. The second kappa shape index (κ2) is 8.26. The van der Waals surface area contributed by atoms with E-state index in [4.69, 9.17) is 4.74 Å². The first-order valence-corrected chi connectivity index (χ1v) is 9.25. The predicted molar refractivity (Wildman–Crippen MR) is 92.6 cm³/mol. The lowest BCUT2D eigenvalue weighted by Crippen LogP contribution is -2.35. The van der Waals surface area contributed by atoms with Crippen molar-refractivity contribution in [1.29, 1.82) is 0 Å². The van der Waals surface area contributed by atoms with E-state index in [1.54, 1.807) is 17.4 Å². The number of carbonyl (C=O) groups excluding carboxylic acids is 1. The van der Waals surface area contributed by atoms with Gasteiger partial charge in [0.05, 0.1) is 23.8 Å². The van der Waals surface area contributed by atoms with E-state index in [-0.39, 0.29) is 34.8 Å². The number of alkyl halides is 3. The SMILES string of the molecule is O=C(CSc1nc2ncccc2c(=O)n1CC1CCCO1)NCC(F)(F)F. The van der Waals surface area contributed by atoms with Crippen molar-refractivity contribution < 1.29 is 22.7 Å². The van der Waals surface area contributed by atoms with Crippen molar-refractivity contribution in [2.45, 2.75) is 36.8 Å². The van der Waals surface area contributed by atoms with Crippen LogP contribution in [0.4, 0.5) is 13.2 Å². The molecule has 0 spiro atoms. The van der Waals surface area contributed by atoms with E-state index < -0.39 is 18.6 Å². The van der Waals surface area contributed by atoms with E-state index in [1.165, 1.54) is 10.8 Å². The fourth-order valence-electron chi connectivity index (χ4n) is 2.68. The Kier molecular flexibility index (Phi) is 6.00. The zero-order valence-corrected chi connectivity index (χ0v) is 15.0. The van der Waals surface area contributed by atoms with Crippen molar-refractivity contribution in [2.75, 3.05) is 18.9 Å². The van der Waals surface area contributed by atoms with Crippen LogP contribution >= 0.6 is 11.8 Å². The fraction of sp³-hybridized carbons (Fsp3) is 0.500. The summed E-state index contributed by atoms with van der Waals surface area (Å²) in [6.45, 7) is -0.519. The normalized spacial score (nSPS) is 17.4.